The fourth-order valence-electron chi connectivity index (χ4n) is 0.877. The number of hydrogen-bond acceptors (Lipinski definition) is 4. The monoisotopic (exact) mass is 219 g/mol. The molecule has 3 N–H and O–H groups in total. The average Bonchev–Trinajstić information content (AvgIpc) is 2.30. The molecule has 5 nitrogen and oxygen atoms in total. The minimum Gasteiger partial charge on any atom is -0.271 e. The molecule has 0 spiro atoms. The predicted molar refractivity (Wildman–Crippen MR) is 44.4 cm³/mol. The molecule has 6 heteroatoms. The van der Waals surface area contributed by atoms with E-state index in [9.17, 15) is 0 Å². The summed E-state index contributed by atoms with van der Waals surface area (Å²) in [6.45, 7) is 1.93. The van der Waals surface area contributed by atoms with Crippen molar-refractivity contribution >= 4 is 15.9 Å². The van der Waals surface area contributed by atoms with Crippen molar-refractivity contribution in [1.82, 2.24) is 20.4 Å². The summed E-state index contributed by atoms with van der Waals surface area (Å²) < 4.78 is 2.40. The molecule has 1 atom stereocenters. The van der Waals surface area contributed by atoms with Crippen LogP contribution in [0, 0.1) is 0 Å². The van der Waals surface area contributed by atoms with Gasteiger partial charge in [-0.25, -0.2) is 4.68 Å². The molecule has 62 valence electrons. The summed E-state index contributed by atoms with van der Waals surface area (Å²) in [6, 6.07) is 0.0457. The quantitative estimate of drug-likeness (QED) is 0.548. The van der Waals surface area contributed by atoms with E-state index >= 15 is 0 Å². The molecule has 0 radical (unpaired) electrons. The van der Waals surface area contributed by atoms with E-state index in [0.29, 0.717) is 0 Å². The summed E-state index contributed by atoms with van der Waals surface area (Å²) in [5, 5.41) is 7.63. The van der Waals surface area contributed by atoms with Gasteiger partial charge in [-0.1, -0.05) is 5.21 Å². The summed E-state index contributed by atoms with van der Waals surface area (Å²) >= 11 is 3.27. The molecule has 0 aliphatic carbocycles. The van der Waals surface area contributed by atoms with Crippen LogP contribution >= 0.6 is 15.9 Å². The van der Waals surface area contributed by atoms with Crippen LogP contribution in [-0.4, -0.2) is 15.0 Å². The predicted octanol–water partition coefficient (Wildman–Crippen LogP) is 0.102. The normalized spacial score (nSPS) is 13.5. The van der Waals surface area contributed by atoms with Crippen molar-refractivity contribution in [1.29, 1.82) is 0 Å². The zero-order chi connectivity index (χ0) is 8.43. The topological polar surface area (TPSA) is 68.8 Å². The Kier molecular flexibility index (Phi) is 2.58. The summed E-state index contributed by atoms with van der Waals surface area (Å²) in [4.78, 5) is 0. The minimum absolute atomic E-state index is 0.0457. The Morgan fingerprint density at radius 1 is 1.73 bits per heavy atom. The smallest absolute Gasteiger partial charge is 0.153 e. The zero-order valence-corrected chi connectivity index (χ0v) is 7.96. The SMILES string of the molecule is CC(NN)c1c(Br)nnn1C. The lowest BCUT2D eigenvalue weighted by molar-refractivity contribution is 0.543. The lowest BCUT2D eigenvalue weighted by Gasteiger charge is -2.08. The second-order valence-corrected chi connectivity index (χ2v) is 3.03. The minimum atomic E-state index is 0.0457. The van der Waals surface area contributed by atoms with Crippen LogP contribution in [0.5, 0.6) is 0 Å². The summed E-state index contributed by atoms with van der Waals surface area (Å²) in [5.41, 5.74) is 3.56. The van der Waals surface area contributed by atoms with Gasteiger partial charge in [-0.3, -0.25) is 11.3 Å². The van der Waals surface area contributed by atoms with E-state index in [-0.39, 0.29) is 6.04 Å². The fourth-order valence-corrected chi connectivity index (χ4v) is 1.55. The van der Waals surface area contributed by atoms with Gasteiger partial charge in [-0.2, -0.15) is 0 Å². The Hall–Kier alpha value is -0.460. The van der Waals surface area contributed by atoms with Crippen molar-refractivity contribution in [2.24, 2.45) is 12.9 Å². The van der Waals surface area contributed by atoms with E-state index in [1.54, 1.807) is 4.68 Å². The molecule has 0 aromatic carbocycles. The highest BCUT2D eigenvalue weighted by Gasteiger charge is 2.13. The van der Waals surface area contributed by atoms with Gasteiger partial charge in [-0.15, -0.1) is 5.10 Å². The molecule has 0 fully saturated rings. The average molecular weight is 220 g/mol. The van der Waals surface area contributed by atoms with Gasteiger partial charge in [0.25, 0.3) is 0 Å². The van der Waals surface area contributed by atoms with Crippen LogP contribution in [0.15, 0.2) is 4.60 Å². The summed E-state index contributed by atoms with van der Waals surface area (Å²) in [5.74, 6) is 5.26. The van der Waals surface area contributed by atoms with Crippen LogP contribution in [0.3, 0.4) is 0 Å². The summed E-state index contributed by atoms with van der Waals surface area (Å²) in [6.07, 6.45) is 0. The van der Waals surface area contributed by atoms with Gasteiger partial charge in [0.15, 0.2) is 4.60 Å². The first-order valence-electron chi connectivity index (χ1n) is 3.18. The molecule has 0 bridgehead atoms. The molecule has 1 aromatic heterocycles. The first kappa shape index (κ1) is 8.63. The van der Waals surface area contributed by atoms with Crippen LogP contribution < -0.4 is 11.3 Å². The first-order valence-corrected chi connectivity index (χ1v) is 3.97. The highest BCUT2D eigenvalue weighted by atomic mass is 79.9. The van der Waals surface area contributed by atoms with Crippen molar-refractivity contribution in [3.05, 3.63) is 10.3 Å². The number of nitrogens with one attached hydrogen (secondary N) is 1. The number of rotatable bonds is 2. The highest BCUT2D eigenvalue weighted by molar-refractivity contribution is 9.10. The molecule has 0 amide bonds. The van der Waals surface area contributed by atoms with E-state index in [1.807, 2.05) is 14.0 Å². The lowest BCUT2D eigenvalue weighted by atomic mass is 10.3. The number of nitrogens with zero attached hydrogens (tertiary/aromatic N) is 3. The molecule has 0 aliphatic heterocycles. The number of hydrogen-bond donors (Lipinski definition) is 2. The Labute approximate surface area is 73.0 Å². The Bertz CT molecular complexity index is 226. The van der Waals surface area contributed by atoms with Crippen LogP contribution in [0.4, 0.5) is 0 Å². The number of nitrogens with two attached hydrogens (primary N) is 1. The number of halogens is 1. The second kappa shape index (κ2) is 3.29. The van der Waals surface area contributed by atoms with Crippen molar-refractivity contribution in [3.63, 3.8) is 0 Å². The maximum atomic E-state index is 5.26. The third-order valence-corrected chi connectivity index (χ3v) is 2.05. The molecule has 1 unspecified atom stereocenters. The standard InChI is InChI=1S/C5H10BrN5/c1-3(8-7)4-5(6)9-10-11(4)2/h3,8H,7H2,1-2H3. The second-order valence-electron chi connectivity index (χ2n) is 2.28. The molecule has 0 aliphatic rings. The molecule has 11 heavy (non-hydrogen) atoms. The third-order valence-electron chi connectivity index (χ3n) is 1.49. The van der Waals surface area contributed by atoms with Crippen molar-refractivity contribution in [2.45, 2.75) is 13.0 Å². The van der Waals surface area contributed by atoms with Crippen LogP contribution in [-0.2, 0) is 7.05 Å². The van der Waals surface area contributed by atoms with Gasteiger partial charge in [-0.05, 0) is 22.9 Å². The number of hydrazine groups is 1. The molecular formula is C5H10BrN5. The maximum absolute atomic E-state index is 5.26. The van der Waals surface area contributed by atoms with Crippen molar-refractivity contribution in [3.8, 4) is 0 Å². The number of aromatic nitrogens is 3. The Morgan fingerprint density at radius 2 is 2.36 bits per heavy atom. The van der Waals surface area contributed by atoms with E-state index in [1.165, 1.54) is 0 Å². The van der Waals surface area contributed by atoms with Crippen molar-refractivity contribution in [2.75, 3.05) is 0 Å². The van der Waals surface area contributed by atoms with E-state index in [4.69, 9.17) is 5.84 Å². The Balaban J connectivity index is 3.00. The third kappa shape index (κ3) is 1.58. The molecule has 0 saturated heterocycles. The molecule has 1 heterocycles. The number of aryl methyl sites for hydroxylation is 1. The van der Waals surface area contributed by atoms with Gasteiger partial charge in [0, 0.05) is 7.05 Å². The molecule has 1 aromatic rings. The van der Waals surface area contributed by atoms with Crippen LogP contribution in [0.1, 0.15) is 18.7 Å². The molecule has 0 saturated carbocycles. The van der Waals surface area contributed by atoms with Gasteiger partial charge in [0.2, 0.25) is 0 Å². The summed E-state index contributed by atoms with van der Waals surface area (Å²) in [7, 11) is 1.82. The lowest BCUT2D eigenvalue weighted by Crippen LogP contribution is -2.27. The van der Waals surface area contributed by atoms with Crippen LogP contribution in [0.2, 0.25) is 0 Å². The van der Waals surface area contributed by atoms with Crippen molar-refractivity contribution < 1.29 is 0 Å². The molecule has 1 rings (SSSR count). The van der Waals surface area contributed by atoms with E-state index in [0.717, 1.165) is 10.3 Å². The van der Waals surface area contributed by atoms with Gasteiger partial charge in [0.05, 0.1) is 11.7 Å². The largest absolute Gasteiger partial charge is 0.271 e. The first-order chi connectivity index (χ1) is 5.16. The van der Waals surface area contributed by atoms with Gasteiger partial charge in [0.1, 0.15) is 0 Å². The fraction of sp³-hybridized carbons (Fsp3) is 0.600. The molecular weight excluding hydrogens is 210 g/mol. The van der Waals surface area contributed by atoms with Crippen LogP contribution in [0.25, 0.3) is 0 Å². The van der Waals surface area contributed by atoms with Gasteiger partial charge < -0.3 is 0 Å². The zero-order valence-electron chi connectivity index (χ0n) is 6.37. The highest BCUT2D eigenvalue weighted by Crippen LogP contribution is 2.18. The van der Waals surface area contributed by atoms with E-state index in [2.05, 4.69) is 31.7 Å². The maximum Gasteiger partial charge on any atom is 0.153 e. The Morgan fingerprint density at radius 3 is 2.73 bits per heavy atom. The van der Waals surface area contributed by atoms with Gasteiger partial charge >= 0.3 is 0 Å². The van der Waals surface area contributed by atoms with E-state index < -0.39 is 0 Å².